The third-order valence-electron chi connectivity index (χ3n) is 4.92. The Bertz CT molecular complexity index is 775. The summed E-state index contributed by atoms with van der Waals surface area (Å²) in [6.45, 7) is 2.64. The summed E-state index contributed by atoms with van der Waals surface area (Å²) in [5, 5.41) is 0. The van der Waals surface area contributed by atoms with Crippen LogP contribution in [0, 0.1) is 23.5 Å². The quantitative estimate of drug-likeness (QED) is 0.263. The summed E-state index contributed by atoms with van der Waals surface area (Å²) in [6.07, 6.45) is 12.2. The second-order valence-corrected chi connectivity index (χ2v) is 7.39. The van der Waals surface area contributed by atoms with Crippen molar-refractivity contribution in [2.75, 3.05) is 6.61 Å². The molecular weight excluding hydrogens is 366 g/mol. The van der Waals surface area contributed by atoms with Crippen LogP contribution in [0.2, 0.25) is 0 Å². The van der Waals surface area contributed by atoms with Gasteiger partial charge in [-0.15, -0.1) is 0 Å². The van der Waals surface area contributed by atoms with Gasteiger partial charge in [-0.2, -0.15) is 4.39 Å². The highest BCUT2D eigenvalue weighted by molar-refractivity contribution is 5.45. The summed E-state index contributed by atoms with van der Waals surface area (Å²) in [7, 11) is 0. The van der Waals surface area contributed by atoms with Gasteiger partial charge < -0.3 is 4.74 Å². The van der Waals surface area contributed by atoms with Crippen molar-refractivity contribution in [1.82, 2.24) is 0 Å². The van der Waals surface area contributed by atoms with Crippen LogP contribution in [0.5, 0.6) is 5.75 Å². The summed E-state index contributed by atoms with van der Waals surface area (Å²) in [5.41, 5.74) is 0.797. The number of rotatable bonds is 12. The molecule has 0 atom stereocenters. The molecule has 2 aromatic carbocycles. The average molecular weight is 399 g/mol. The first-order valence-corrected chi connectivity index (χ1v) is 10.9. The fourth-order valence-electron chi connectivity index (χ4n) is 3.17. The van der Waals surface area contributed by atoms with Gasteiger partial charge in [0, 0.05) is 5.56 Å². The van der Waals surface area contributed by atoms with Crippen molar-refractivity contribution in [2.45, 2.75) is 71.1 Å². The molecule has 0 saturated carbocycles. The van der Waals surface area contributed by atoms with Crippen molar-refractivity contribution in [3.05, 3.63) is 65.2 Å². The minimum absolute atomic E-state index is 0.0383. The lowest BCUT2D eigenvalue weighted by molar-refractivity contribution is 0.284. The van der Waals surface area contributed by atoms with Gasteiger partial charge in [0.15, 0.2) is 11.6 Å². The zero-order chi connectivity index (χ0) is 20.7. The zero-order valence-electron chi connectivity index (χ0n) is 17.5. The van der Waals surface area contributed by atoms with Crippen molar-refractivity contribution in [1.29, 1.82) is 0 Å². The first-order chi connectivity index (χ1) is 14.2. The monoisotopic (exact) mass is 398 g/mol. The molecule has 0 aliphatic rings. The van der Waals surface area contributed by atoms with Gasteiger partial charge in [-0.25, -0.2) is 4.39 Å². The minimum atomic E-state index is -0.961. The third kappa shape index (κ3) is 8.69. The number of hydrogen-bond acceptors (Lipinski definition) is 1. The van der Waals surface area contributed by atoms with E-state index in [1.807, 2.05) is 30.3 Å². The number of benzene rings is 2. The molecule has 1 nitrogen and oxygen atoms in total. The SMILES string of the molecule is CCCCCCCCCCCCOc1ccc(C#Cc2ccccc2)c(F)c1F. The Kier molecular flexibility index (Phi) is 10.9. The Morgan fingerprint density at radius 3 is 1.97 bits per heavy atom. The van der Waals surface area contributed by atoms with Crippen LogP contribution in [0.1, 0.15) is 82.3 Å². The predicted octanol–water partition coefficient (Wildman–Crippen LogP) is 7.66. The van der Waals surface area contributed by atoms with Crippen molar-refractivity contribution < 1.29 is 13.5 Å². The van der Waals surface area contributed by atoms with E-state index in [-0.39, 0.29) is 11.3 Å². The van der Waals surface area contributed by atoms with Crippen LogP contribution >= 0.6 is 0 Å². The van der Waals surface area contributed by atoms with E-state index in [0.29, 0.717) is 6.61 Å². The van der Waals surface area contributed by atoms with Crippen LogP contribution in [0.15, 0.2) is 42.5 Å². The second kappa shape index (κ2) is 13.8. The fraction of sp³-hybridized carbons (Fsp3) is 0.462. The summed E-state index contributed by atoms with van der Waals surface area (Å²) in [6, 6.07) is 12.2. The lowest BCUT2D eigenvalue weighted by Crippen LogP contribution is -2.02. The molecule has 0 heterocycles. The molecule has 0 fully saturated rings. The Balaban J connectivity index is 1.69. The molecule has 0 aliphatic heterocycles. The van der Waals surface area contributed by atoms with Crippen molar-refractivity contribution in [2.24, 2.45) is 0 Å². The molecule has 0 bridgehead atoms. The highest BCUT2D eigenvalue weighted by atomic mass is 19.2. The first-order valence-electron chi connectivity index (χ1n) is 10.9. The standard InChI is InChI=1S/C26H32F2O/c1-2-3-4-5-6-7-8-9-10-14-21-29-24-20-19-23(25(27)26(24)28)18-17-22-15-12-11-13-16-22/h11-13,15-16,19-20H,2-10,14,21H2,1H3. The minimum Gasteiger partial charge on any atom is -0.490 e. The van der Waals surface area contributed by atoms with Crippen molar-refractivity contribution in [3.8, 4) is 17.6 Å². The van der Waals surface area contributed by atoms with Crippen LogP contribution in [-0.4, -0.2) is 6.61 Å². The molecular formula is C26H32F2O. The molecule has 0 N–H and O–H groups in total. The van der Waals surface area contributed by atoms with E-state index in [1.165, 1.54) is 63.5 Å². The number of hydrogen-bond donors (Lipinski definition) is 0. The lowest BCUT2D eigenvalue weighted by Gasteiger charge is -2.08. The smallest absolute Gasteiger partial charge is 0.201 e. The van der Waals surface area contributed by atoms with Crippen LogP contribution in [-0.2, 0) is 0 Å². The normalized spacial score (nSPS) is 10.4. The fourth-order valence-corrected chi connectivity index (χ4v) is 3.17. The average Bonchev–Trinajstić information content (AvgIpc) is 2.75. The maximum atomic E-state index is 14.2. The summed E-state index contributed by atoms with van der Waals surface area (Å²) >= 11 is 0. The van der Waals surface area contributed by atoms with Crippen molar-refractivity contribution >= 4 is 0 Å². The van der Waals surface area contributed by atoms with Gasteiger partial charge in [-0.3, -0.25) is 0 Å². The van der Waals surface area contributed by atoms with E-state index < -0.39 is 11.6 Å². The molecule has 0 amide bonds. The van der Waals surface area contributed by atoms with Gasteiger partial charge in [-0.1, -0.05) is 94.8 Å². The molecule has 0 saturated heterocycles. The van der Waals surface area contributed by atoms with E-state index >= 15 is 0 Å². The molecule has 0 spiro atoms. The van der Waals surface area contributed by atoms with Gasteiger partial charge in [0.05, 0.1) is 12.2 Å². The van der Waals surface area contributed by atoms with Gasteiger partial charge in [0.2, 0.25) is 5.82 Å². The predicted molar refractivity (Wildman–Crippen MR) is 116 cm³/mol. The van der Waals surface area contributed by atoms with E-state index in [2.05, 4.69) is 18.8 Å². The first kappa shape index (κ1) is 22.9. The molecule has 0 unspecified atom stereocenters. The Hall–Kier alpha value is -2.34. The van der Waals surface area contributed by atoms with Crippen LogP contribution in [0.25, 0.3) is 0 Å². The molecule has 156 valence electrons. The highest BCUT2D eigenvalue weighted by Gasteiger charge is 2.13. The Labute approximate surface area is 174 Å². The summed E-state index contributed by atoms with van der Waals surface area (Å²) in [5.74, 6) is 3.58. The number of unbranched alkanes of at least 4 members (excludes halogenated alkanes) is 9. The topological polar surface area (TPSA) is 9.23 Å². The molecule has 0 aliphatic carbocycles. The van der Waals surface area contributed by atoms with Crippen molar-refractivity contribution in [3.63, 3.8) is 0 Å². The number of halogens is 2. The highest BCUT2D eigenvalue weighted by Crippen LogP contribution is 2.23. The molecule has 0 aromatic heterocycles. The molecule has 2 rings (SSSR count). The second-order valence-electron chi connectivity index (χ2n) is 7.39. The van der Waals surface area contributed by atoms with E-state index in [1.54, 1.807) is 0 Å². The number of ether oxygens (including phenoxy) is 1. The lowest BCUT2D eigenvalue weighted by atomic mass is 10.1. The van der Waals surface area contributed by atoms with E-state index in [9.17, 15) is 8.78 Å². The van der Waals surface area contributed by atoms with Gasteiger partial charge in [-0.05, 0) is 30.7 Å². The van der Waals surface area contributed by atoms with Gasteiger partial charge in [0.25, 0.3) is 0 Å². The van der Waals surface area contributed by atoms with Gasteiger partial charge in [0.1, 0.15) is 0 Å². The van der Waals surface area contributed by atoms with Crippen LogP contribution < -0.4 is 4.74 Å². The molecule has 0 radical (unpaired) electrons. The summed E-state index contributed by atoms with van der Waals surface area (Å²) < 4.78 is 33.9. The third-order valence-corrected chi connectivity index (χ3v) is 4.92. The van der Waals surface area contributed by atoms with Gasteiger partial charge >= 0.3 is 0 Å². The molecule has 2 aromatic rings. The summed E-state index contributed by atoms with van der Waals surface area (Å²) in [4.78, 5) is 0. The Morgan fingerprint density at radius 2 is 1.31 bits per heavy atom. The van der Waals surface area contributed by atoms with Crippen LogP contribution in [0.3, 0.4) is 0 Å². The maximum Gasteiger partial charge on any atom is 0.201 e. The zero-order valence-corrected chi connectivity index (χ0v) is 17.5. The van der Waals surface area contributed by atoms with Crippen LogP contribution in [0.4, 0.5) is 8.78 Å². The Morgan fingerprint density at radius 1 is 0.690 bits per heavy atom. The largest absolute Gasteiger partial charge is 0.490 e. The maximum absolute atomic E-state index is 14.2. The molecule has 3 heteroatoms. The molecule has 29 heavy (non-hydrogen) atoms. The van der Waals surface area contributed by atoms with E-state index in [0.717, 1.165) is 18.4 Å². The van der Waals surface area contributed by atoms with E-state index in [4.69, 9.17) is 4.74 Å².